The highest BCUT2D eigenvalue weighted by atomic mass is 16.3. The van der Waals surface area contributed by atoms with Gasteiger partial charge in [0.2, 0.25) is 5.91 Å². The molecule has 0 spiro atoms. The average Bonchev–Trinajstić information content (AvgIpc) is 3.21. The lowest BCUT2D eigenvalue weighted by atomic mass is 9.98. The van der Waals surface area contributed by atoms with Crippen molar-refractivity contribution >= 4 is 5.91 Å². The summed E-state index contributed by atoms with van der Waals surface area (Å²) in [6.45, 7) is 4.40. The Morgan fingerprint density at radius 2 is 2.16 bits per heavy atom. The number of amides is 1. The number of rotatable bonds is 5. The Bertz CT molecular complexity index is 454. The number of aliphatic hydroxyl groups is 1. The van der Waals surface area contributed by atoms with Crippen LogP contribution >= 0.6 is 0 Å². The highest BCUT2D eigenvalue weighted by Crippen LogP contribution is 2.33. The molecule has 1 aliphatic carbocycles. The number of nitrogens with zero attached hydrogens (tertiary/aromatic N) is 1. The predicted octanol–water partition coefficient (Wildman–Crippen LogP) is 2.33. The summed E-state index contributed by atoms with van der Waals surface area (Å²) in [5.74, 6) is 0.325. The molecule has 1 aromatic rings. The van der Waals surface area contributed by atoms with Gasteiger partial charge in [-0.25, -0.2) is 0 Å². The minimum Gasteiger partial charge on any atom is -0.391 e. The first-order chi connectivity index (χ1) is 8.99. The molecule has 0 heterocycles. The van der Waals surface area contributed by atoms with Crippen molar-refractivity contribution in [3.05, 3.63) is 35.4 Å². The van der Waals surface area contributed by atoms with Gasteiger partial charge in [-0.3, -0.25) is 4.79 Å². The molecule has 19 heavy (non-hydrogen) atoms. The summed E-state index contributed by atoms with van der Waals surface area (Å²) in [6.07, 6.45) is 1.83. The van der Waals surface area contributed by atoms with Crippen LogP contribution in [0.1, 0.15) is 36.8 Å². The minimum absolute atomic E-state index is 0.0744. The fraction of sp³-hybridized carbons (Fsp3) is 0.562. The van der Waals surface area contributed by atoms with Gasteiger partial charge in [-0.1, -0.05) is 29.8 Å². The smallest absolute Gasteiger partial charge is 0.229 e. The second-order valence-electron chi connectivity index (χ2n) is 5.76. The molecular weight excluding hydrogens is 238 g/mol. The lowest BCUT2D eigenvalue weighted by molar-refractivity contribution is -0.132. The van der Waals surface area contributed by atoms with Crippen LogP contribution in [0.3, 0.4) is 0 Å². The van der Waals surface area contributed by atoms with Crippen molar-refractivity contribution in [2.45, 2.75) is 38.7 Å². The van der Waals surface area contributed by atoms with Crippen LogP contribution in [0.2, 0.25) is 0 Å². The second kappa shape index (κ2) is 5.74. The highest BCUT2D eigenvalue weighted by molar-refractivity contribution is 5.83. The van der Waals surface area contributed by atoms with Gasteiger partial charge in [-0.2, -0.15) is 0 Å². The van der Waals surface area contributed by atoms with E-state index in [0.29, 0.717) is 12.5 Å². The number of likely N-dealkylation sites (N-methyl/N-ethyl adjacent to an activating group) is 1. The van der Waals surface area contributed by atoms with Crippen LogP contribution in [0.4, 0.5) is 0 Å². The van der Waals surface area contributed by atoms with Crippen LogP contribution in [0.5, 0.6) is 0 Å². The van der Waals surface area contributed by atoms with E-state index < -0.39 is 0 Å². The number of benzene rings is 1. The molecule has 3 heteroatoms. The molecule has 1 aromatic carbocycles. The van der Waals surface area contributed by atoms with Crippen molar-refractivity contribution in [3.8, 4) is 0 Å². The van der Waals surface area contributed by atoms with Crippen molar-refractivity contribution < 1.29 is 9.90 Å². The maximum atomic E-state index is 12.3. The monoisotopic (exact) mass is 261 g/mol. The molecule has 0 radical (unpaired) electrons. The number of carbonyl (C=O) groups is 1. The van der Waals surface area contributed by atoms with Gasteiger partial charge < -0.3 is 10.0 Å². The molecule has 1 N–H and O–H groups in total. The molecule has 3 nitrogen and oxygen atoms in total. The zero-order valence-corrected chi connectivity index (χ0v) is 12.0. The Morgan fingerprint density at radius 1 is 1.47 bits per heavy atom. The summed E-state index contributed by atoms with van der Waals surface area (Å²) in [7, 11) is 1.78. The molecule has 2 rings (SSSR count). The lowest BCUT2D eigenvalue weighted by Crippen LogP contribution is -2.37. The molecule has 1 amide bonds. The highest BCUT2D eigenvalue weighted by Gasteiger charge is 2.31. The minimum atomic E-state index is -0.362. The number of hydrogen-bond acceptors (Lipinski definition) is 2. The fourth-order valence-electron chi connectivity index (χ4n) is 2.41. The molecule has 104 valence electrons. The van der Waals surface area contributed by atoms with E-state index in [2.05, 4.69) is 0 Å². The van der Waals surface area contributed by atoms with Gasteiger partial charge in [-0.15, -0.1) is 0 Å². The van der Waals surface area contributed by atoms with Gasteiger partial charge in [0, 0.05) is 13.6 Å². The molecule has 0 aliphatic heterocycles. The van der Waals surface area contributed by atoms with Gasteiger partial charge in [0.05, 0.1) is 12.0 Å². The average molecular weight is 261 g/mol. The summed E-state index contributed by atoms with van der Waals surface area (Å²) in [6, 6.07) is 8.04. The summed E-state index contributed by atoms with van der Waals surface area (Å²) in [5, 5.41) is 9.91. The van der Waals surface area contributed by atoms with Crippen LogP contribution in [0, 0.1) is 12.8 Å². The molecule has 1 aliphatic rings. The molecule has 1 saturated carbocycles. The Morgan fingerprint density at radius 3 is 2.74 bits per heavy atom. The van der Waals surface area contributed by atoms with Crippen LogP contribution in [0.15, 0.2) is 24.3 Å². The Hall–Kier alpha value is -1.35. The van der Waals surface area contributed by atoms with Crippen LogP contribution in [0.25, 0.3) is 0 Å². The lowest BCUT2D eigenvalue weighted by Gasteiger charge is -2.24. The van der Waals surface area contributed by atoms with Crippen molar-refractivity contribution in [3.63, 3.8) is 0 Å². The topological polar surface area (TPSA) is 40.5 Å². The quantitative estimate of drug-likeness (QED) is 0.883. The maximum Gasteiger partial charge on any atom is 0.229 e. The first-order valence-electron chi connectivity index (χ1n) is 6.98. The fourth-order valence-corrected chi connectivity index (χ4v) is 2.41. The Labute approximate surface area is 115 Å². The van der Waals surface area contributed by atoms with Gasteiger partial charge in [-0.05, 0) is 38.2 Å². The van der Waals surface area contributed by atoms with E-state index in [9.17, 15) is 9.90 Å². The van der Waals surface area contributed by atoms with E-state index in [0.717, 1.165) is 24.0 Å². The predicted molar refractivity (Wildman–Crippen MR) is 76.0 cm³/mol. The number of aliphatic hydroxyl groups excluding tert-OH is 1. The molecule has 2 unspecified atom stereocenters. The van der Waals surface area contributed by atoms with Crippen molar-refractivity contribution in [1.29, 1.82) is 0 Å². The Balaban J connectivity index is 1.97. The third-order valence-electron chi connectivity index (χ3n) is 3.92. The zero-order chi connectivity index (χ0) is 14.0. The SMILES string of the molecule is Cc1cccc(C(C)C(=O)N(C)CC(O)C2CC2)c1. The Kier molecular flexibility index (Phi) is 4.25. The summed E-state index contributed by atoms with van der Waals surface area (Å²) >= 11 is 0. The van der Waals surface area contributed by atoms with Crippen molar-refractivity contribution in [2.75, 3.05) is 13.6 Å². The van der Waals surface area contributed by atoms with Crippen LogP contribution in [-0.2, 0) is 4.79 Å². The van der Waals surface area contributed by atoms with E-state index in [1.165, 1.54) is 0 Å². The molecule has 0 aromatic heterocycles. The van der Waals surface area contributed by atoms with Gasteiger partial charge in [0.15, 0.2) is 0 Å². The summed E-state index contributed by atoms with van der Waals surface area (Å²) in [4.78, 5) is 14.0. The zero-order valence-electron chi connectivity index (χ0n) is 12.0. The summed E-state index contributed by atoms with van der Waals surface area (Å²) < 4.78 is 0. The van der Waals surface area contributed by atoms with E-state index >= 15 is 0 Å². The number of carbonyl (C=O) groups excluding carboxylic acids is 1. The standard InChI is InChI=1S/C16H23NO2/c1-11-5-4-6-14(9-11)12(2)16(19)17(3)10-15(18)13-7-8-13/h4-6,9,12-13,15,18H,7-8,10H2,1-3H3. The van der Waals surface area contributed by atoms with Crippen LogP contribution in [-0.4, -0.2) is 35.6 Å². The molecule has 0 saturated heterocycles. The molecule has 0 bridgehead atoms. The largest absolute Gasteiger partial charge is 0.391 e. The van der Waals surface area contributed by atoms with Crippen LogP contribution < -0.4 is 0 Å². The number of hydrogen-bond donors (Lipinski definition) is 1. The first kappa shape index (κ1) is 14.1. The van der Waals surface area contributed by atoms with Gasteiger partial charge >= 0.3 is 0 Å². The second-order valence-corrected chi connectivity index (χ2v) is 5.76. The van der Waals surface area contributed by atoms with Gasteiger partial charge in [0.25, 0.3) is 0 Å². The van der Waals surface area contributed by atoms with Gasteiger partial charge in [0.1, 0.15) is 0 Å². The third-order valence-corrected chi connectivity index (χ3v) is 3.92. The third kappa shape index (κ3) is 3.57. The molecule has 1 fully saturated rings. The van der Waals surface area contributed by atoms with E-state index in [4.69, 9.17) is 0 Å². The number of aryl methyl sites for hydroxylation is 1. The first-order valence-corrected chi connectivity index (χ1v) is 6.98. The van der Waals surface area contributed by atoms with E-state index in [1.807, 2.05) is 38.1 Å². The van der Waals surface area contributed by atoms with Crippen molar-refractivity contribution in [2.24, 2.45) is 5.92 Å². The molecular formula is C16H23NO2. The van der Waals surface area contributed by atoms with E-state index in [1.54, 1.807) is 11.9 Å². The normalized spacial score (nSPS) is 17.9. The molecule has 2 atom stereocenters. The summed E-state index contributed by atoms with van der Waals surface area (Å²) in [5.41, 5.74) is 2.20. The van der Waals surface area contributed by atoms with E-state index in [-0.39, 0.29) is 17.9 Å². The van der Waals surface area contributed by atoms with Crippen molar-refractivity contribution in [1.82, 2.24) is 4.90 Å². The maximum absolute atomic E-state index is 12.3.